The lowest BCUT2D eigenvalue weighted by atomic mass is 10.0. The second-order valence-corrected chi connectivity index (χ2v) is 8.06. The van der Waals surface area contributed by atoms with E-state index in [4.69, 9.17) is 10.8 Å². The van der Waals surface area contributed by atoms with Crippen LogP contribution < -0.4 is 21.7 Å². The van der Waals surface area contributed by atoms with Gasteiger partial charge in [0.05, 0.1) is 12.4 Å². The van der Waals surface area contributed by atoms with Crippen molar-refractivity contribution in [3.8, 4) is 0 Å². The van der Waals surface area contributed by atoms with Crippen molar-refractivity contribution < 1.29 is 24.3 Å². The zero-order valence-corrected chi connectivity index (χ0v) is 18.1. The van der Waals surface area contributed by atoms with E-state index < -0.39 is 48.4 Å². The van der Waals surface area contributed by atoms with E-state index in [0.717, 1.165) is 0 Å². The Kier molecular flexibility index (Phi) is 10.9. The monoisotopic (exact) mass is 442 g/mol. The first-order chi connectivity index (χ1) is 14.1. The molecule has 0 saturated carbocycles. The molecule has 1 rings (SSSR count). The van der Waals surface area contributed by atoms with Crippen molar-refractivity contribution in [1.82, 2.24) is 25.9 Å². The largest absolute Gasteiger partial charge is 0.480 e. The smallest absolute Gasteiger partial charge is 0.322 e. The van der Waals surface area contributed by atoms with Crippen molar-refractivity contribution >= 4 is 35.5 Å². The van der Waals surface area contributed by atoms with Gasteiger partial charge in [-0.15, -0.1) is 0 Å². The Hall–Kier alpha value is -2.60. The van der Waals surface area contributed by atoms with Crippen molar-refractivity contribution in [2.24, 2.45) is 11.7 Å². The number of H-pyrrole nitrogens is 1. The van der Waals surface area contributed by atoms with Crippen molar-refractivity contribution in [3.63, 3.8) is 0 Å². The number of nitrogens with two attached hydrogens (primary N) is 1. The number of rotatable bonds is 13. The number of hydrogen-bond donors (Lipinski definition) is 6. The second-order valence-electron chi connectivity index (χ2n) is 7.07. The number of carboxylic acids is 1. The van der Waals surface area contributed by atoms with Crippen LogP contribution in [0.2, 0.25) is 0 Å². The van der Waals surface area contributed by atoms with E-state index in [9.17, 15) is 19.2 Å². The third kappa shape index (κ3) is 8.82. The predicted octanol–water partition coefficient (Wildman–Crippen LogP) is -1.14. The molecule has 0 spiro atoms. The van der Waals surface area contributed by atoms with E-state index >= 15 is 0 Å². The van der Waals surface area contributed by atoms with Crippen LogP contribution in [0.3, 0.4) is 0 Å². The van der Waals surface area contributed by atoms with Crippen molar-refractivity contribution in [2.45, 2.75) is 44.8 Å². The first-order valence-corrected chi connectivity index (χ1v) is 10.9. The molecule has 12 heteroatoms. The molecule has 0 aliphatic heterocycles. The molecule has 0 radical (unpaired) electrons. The first-order valence-electron chi connectivity index (χ1n) is 9.47. The Balaban J connectivity index is 2.78. The second kappa shape index (κ2) is 12.9. The molecule has 3 unspecified atom stereocenters. The maximum atomic E-state index is 12.8. The van der Waals surface area contributed by atoms with Crippen LogP contribution in [0.1, 0.15) is 26.0 Å². The number of thioether (sulfide) groups is 1. The minimum absolute atomic E-state index is 0.231. The minimum Gasteiger partial charge on any atom is -0.480 e. The number of nitrogens with zero attached hydrogens (tertiary/aromatic N) is 1. The molecule has 0 bridgehead atoms. The highest BCUT2D eigenvalue weighted by atomic mass is 32.2. The summed E-state index contributed by atoms with van der Waals surface area (Å²) in [5.74, 6) is -2.51. The molecule has 30 heavy (non-hydrogen) atoms. The van der Waals surface area contributed by atoms with E-state index in [1.54, 1.807) is 20.0 Å². The summed E-state index contributed by atoms with van der Waals surface area (Å²) in [6.45, 7) is 2.90. The molecule has 0 aromatic carbocycles. The SMILES string of the molecule is CSCCC(NC(=O)C(N)Cc1cnc[nH]1)C(=O)NC(C(=O)NCC(=O)O)C(C)C. The van der Waals surface area contributed by atoms with E-state index in [0.29, 0.717) is 17.9 Å². The van der Waals surface area contributed by atoms with Crippen molar-refractivity contribution in [2.75, 3.05) is 18.6 Å². The summed E-state index contributed by atoms with van der Waals surface area (Å²) in [6.07, 6.45) is 5.49. The van der Waals surface area contributed by atoms with Gasteiger partial charge < -0.3 is 31.8 Å². The Labute approximate surface area is 179 Å². The number of nitrogens with one attached hydrogen (secondary N) is 4. The average Bonchev–Trinajstić information content (AvgIpc) is 3.19. The van der Waals surface area contributed by atoms with Gasteiger partial charge in [-0.25, -0.2) is 4.98 Å². The molecule has 11 nitrogen and oxygen atoms in total. The number of imidazole rings is 1. The Morgan fingerprint density at radius 1 is 1.20 bits per heavy atom. The zero-order valence-electron chi connectivity index (χ0n) is 17.3. The van der Waals surface area contributed by atoms with Gasteiger partial charge in [-0.2, -0.15) is 11.8 Å². The van der Waals surface area contributed by atoms with Crippen molar-refractivity contribution in [3.05, 3.63) is 18.2 Å². The van der Waals surface area contributed by atoms with Gasteiger partial charge in [-0.05, 0) is 24.3 Å². The van der Waals surface area contributed by atoms with Crippen LogP contribution in [0, 0.1) is 5.92 Å². The van der Waals surface area contributed by atoms with Gasteiger partial charge in [-0.1, -0.05) is 13.8 Å². The van der Waals surface area contributed by atoms with Crippen LogP contribution in [0.4, 0.5) is 0 Å². The summed E-state index contributed by atoms with van der Waals surface area (Å²) >= 11 is 1.51. The van der Waals surface area contributed by atoms with Crippen LogP contribution in [0.5, 0.6) is 0 Å². The fourth-order valence-electron chi connectivity index (χ4n) is 2.57. The molecule has 3 amide bonds. The van der Waals surface area contributed by atoms with Gasteiger partial charge in [-0.3, -0.25) is 19.2 Å². The zero-order chi connectivity index (χ0) is 22.7. The molecule has 0 fully saturated rings. The summed E-state index contributed by atoms with van der Waals surface area (Å²) in [5, 5.41) is 16.2. The molecule has 1 aromatic rings. The lowest BCUT2D eigenvalue weighted by Crippen LogP contribution is -2.57. The lowest BCUT2D eigenvalue weighted by Gasteiger charge is -2.25. The van der Waals surface area contributed by atoms with Crippen molar-refractivity contribution in [1.29, 1.82) is 0 Å². The standard InChI is InChI=1S/C18H30N6O5S/c1-10(2)15(18(29)21-8-14(25)26)24-17(28)13(4-5-30-3)23-16(27)12(19)6-11-7-20-9-22-11/h7,9-10,12-13,15H,4-6,8,19H2,1-3H3,(H,20,22)(H,21,29)(H,23,27)(H,24,28)(H,25,26). The molecule has 1 aromatic heterocycles. The highest BCUT2D eigenvalue weighted by Crippen LogP contribution is 2.07. The molecular formula is C18H30N6O5S. The van der Waals surface area contributed by atoms with Crippen LogP contribution in [-0.2, 0) is 25.6 Å². The predicted molar refractivity (Wildman–Crippen MR) is 113 cm³/mol. The quantitative estimate of drug-likeness (QED) is 0.222. The summed E-state index contributed by atoms with van der Waals surface area (Å²) < 4.78 is 0. The topological polar surface area (TPSA) is 179 Å². The molecule has 0 aliphatic rings. The minimum atomic E-state index is -1.19. The fourth-order valence-corrected chi connectivity index (χ4v) is 3.04. The number of carboxylic acid groups (broad SMARTS) is 1. The van der Waals surface area contributed by atoms with Gasteiger partial charge in [0.25, 0.3) is 0 Å². The van der Waals surface area contributed by atoms with Crippen LogP contribution in [-0.4, -0.2) is 75.4 Å². The number of aromatic amines is 1. The lowest BCUT2D eigenvalue weighted by molar-refractivity contribution is -0.139. The molecule has 168 valence electrons. The molecule has 7 N–H and O–H groups in total. The fraction of sp³-hybridized carbons (Fsp3) is 0.611. The molecule has 3 atom stereocenters. The molecule has 0 saturated heterocycles. The maximum absolute atomic E-state index is 12.8. The normalized spacial score (nSPS) is 13.9. The van der Waals surface area contributed by atoms with Gasteiger partial charge in [0, 0.05) is 18.3 Å². The van der Waals surface area contributed by atoms with Gasteiger partial charge >= 0.3 is 5.97 Å². The van der Waals surface area contributed by atoms with Crippen LogP contribution >= 0.6 is 11.8 Å². The summed E-state index contributed by atoms with van der Waals surface area (Å²) in [6, 6.07) is -2.70. The average molecular weight is 443 g/mol. The highest BCUT2D eigenvalue weighted by molar-refractivity contribution is 7.98. The van der Waals surface area contributed by atoms with E-state index in [-0.39, 0.29) is 12.3 Å². The molecule has 1 heterocycles. The number of aliphatic carboxylic acids is 1. The summed E-state index contributed by atoms with van der Waals surface area (Å²) in [7, 11) is 0. The summed E-state index contributed by atoms with van der Waals surface area (Å²) in [4.78, 5) is 54.9. The Morgan fingerprint density at radius 2 is 1.90 bits per heavy atom. The Morgan fingerprint density at radius 3 is 2.43 bits per heavy atom. The Bertz CT molecular complexity index is 712. The maximum Gasteiger partial charge on any atom is 0.322 e. The van der Waals surface area contributed by atoms with Gasteiger partial charge in [0.1, 0.15) is 18.6 Å². The number of amides is 3. The molecular weight excluding hydrogens is 412 g/mol. The number of aromatic nitrogens is 2. The van der Waals surface area contributed by atoms with E-state index in [1.165, 1.54) is 18.1 Å². The van der Waals surface area contributed by atoms with E-state index in [2.05, 4.69) is 25.9 Å². The first kappa shape index (κ1) is 25.4. The van der Waals surface area contributed by atoms with Gasteiger partial charge in [0.15, 0.2) is 0 Å². The third-order valence-corrected chi connectivity index (χ3v) is 4.88. The van der Waals surface area contributed by atoms with Gasteiger partial charge in [0.2, 0.25) is 17.7 Å². The molecule has 0 aliphatic carbocycles. The summed E-state index contributed by atoms with van der Waals surface area (Å²) in [5.41, 5.74) is 6.63. The van der Waals surface area contributed by atoms with Crippen LogP contribution in [0.25, 0.3) is 0 Å². The highest BCUT2D eigenvalue weighted by Gasteiger charge is 2.29. The number of carbonyl (C=O) groups is 4. The number of hydrogen-bond acceptors (Lipinski definition) is 7. The van der Waals surface area contributed by atoms with E-state index in [1.807, 2.05) is 6.26 Å². The van der Waals surface area contributed by atoms with Crippen LogP contribution in [0.15, 0.2) is 12.5 Å². The number of carbonyl (C=O) groups excluding carboxylic acids is 3. The third-order valence-electron chi connectivity index (χ3n) is 4.24.